The lowest BCUT2D eigenvalue weighted by atomic mass is 10.1. The zero-order valence-electron chi connectivity index (χ0n) is 19.2. The molecule has 3 aromatic rings. The van der Waals surface area contributed by atoms with E-state index < -0.39 is 10.0 Å². The summed E-state index contributed by atoms with van der Waals surface area (Å²) >= 11 is 0. The number of ether oxygens (including phenoxy) is 1. The number of amides is 1. The van der Waals surface area contributed by atoms with E-state index in [-0.39, 0.29) is 55.2 Å². The maximum atomic E-state index is 13.2. The first-order valence-electron chi connectivity index (χ1n) is 11.1. The number of carbonyl (C=O) groups excluding carboxylic acids is 2. The summed E-state index contributed by atoms with van der Waals surface area (Å²) in [6, 6.07) is 18.8. The fraction of sp³-hybridized carbons (Fsp3) is 0.231. The summed E-state index contributed by atoms with van der Waals surface area (Å²) in [6.45, 7) is 2.27. The second kappa shape index (κ2) is 10.4. The number of benzene rings is 3. The van der Waals surface area contributed by atoms with Gasteiger partial charge in [-0.15, -0.1) is 0 Å². The number of hydrogen-bond acceptors (Lipinski definition) is 5. The van der Waals surface area contributed by atoms with E-state index in [4.69, 9.17) is 4.74 Å². The van der Waals surface area contributed by atoms with Crippen molar-refractivity contribution in [2.45, 2.75) is 18.4 Å². The van der Waals surface area contributed by atoms with Gasteiger partial charge in [0.15, 0.2) is 5.78 Å². The maximum Gasteiger partial charge on any atom is 0.257 e. The highest BCUT2D eigenvalue weighted by atomic mass is 32.2. The van der Waals surface area contributed by atoms with Crippen LogP contribution < -0.4 is 4.74 Å². The van der Waals surface area contributed by atoms with Crippen LogP contribution in [0.2, 0.25) is 0 Å². The third kappa shape index (κ3) is 5.58. The number of Topliss-reactive ketones (excluding diaryl/α,β-unsaturated/α-hetero) is 1. The minimum absolute atomic E-state index is 0.0597. The summed E-state index contributed by atoms with van der Waals surface area (Å²) in [5, 5.41) is 0. The summed E-state index contributed by atoms with van der Waals surface area (Å²) in [7, 11) is -3.79. The van der Waals surface area contributed by atoms with Gasteiger partial charge < -0.3 is 9.64 Å². The van der Waals surface area contributed by atoms with Gasteiger partial charge in [-0.2, -0.15) is 4.31 Å². The number of carbonyl (C=O) groups is 2. The number of rotatable bonds is 7. The fourth-order valence-electron chi connectivity index (χ4n) is 3.84. The molecule has 0 N–H and O–H groups in total. The van der Waals surface area contributed by atoms with Gasteiger partial charge in [0, 0.05) is 31.7 Å². The molecule has 0 aliphatic carbocycles. The third-order valence-corrected chi connectivity index (χ3v) is 7.72. The van der Waals surface area contributed by atoms with Crippen LogP contribution in [0.15, 0.2) is 77.7 Å². The maximum absolute atomic E-state index is 13.2. The van der Waals surface area contributed by atoms with Crippen molar-refractivity contribution < 1.29 is 27.1 Å². The molecule has 0 atom stereocenters. The second-order valence-corrected chi connectivity index (χ2v) is 10.1. The Hall–Kier alpha value is -3.56. The molecule has 1 aliphatic rings. The van der Waals surface area contributed by atoms with Crippen molar-refractivity contribution in [1.29, 1.82) is 0 Å². The Labute approximate surface area is 203 Å². The third-order valence-electron chi connectivity index (χ3n) is 5.83. The van der Waals surface area contributed by atoms with Crippen LogP contribution in [0.3, 0.4) is 0 Å². The van der Waals surface area contributed by atoms with Gasteiger partial charge in [-0.05, 0) is 48.9 Å². The van der Waals surface area contributed by atoms with E-state index in [0.29, 0.717) is 16.9 Å². The first kappa shape index (κ1) is 24.6. The van der Waals surface area contributed by atoms with Gasteiger partial charge in [0.25, 0.3) is 5.91 Å². The van der Waals surface area contributed by atoms with E-state index in [1.165, 1.54) is 35.5 Å². The quantitative estimate of drug-likeness (QED) is 0.465. The van der Waals surface area contributed by atoms with Crippen LogP contribution in [0.1, 0.15) is 33.2 Å². The predicted octanol–water partition coefficient (Wildman–Crippen LogP) is 3.75. The SMILES string of the molecule is CC(=O)c1cccc(S(=O)(=O)N2CCN(C(=O)c3ccccc3OCc3ccc(F)cc3)CC2)c1. The van der Waals surface area contributed by atoms with Crippen LogP contribution in [0.4, 0.5) is 4.39 Å². The van der Waals surface area contributed by atoms with Crippen LogP contribution in [-0.2, 0) is 16.6 Å². The average Bonchev–Trinajstić information content (AvgIpc) is 2.88. The molecule has 0 unspecified atom stereocenters. The summed E-state index contributed by atoms with van der Waals surface area (Å²) < 4.78 is 46.4. The van der Waals surface area contributed by atoms with Gasteiger partial charge >= 0.3 is 0 Å². The Morgan fingerprint density at radius 3 is 2.29 bits per heavy atom. The first-order valence-corrected chi connectivity index (χ1v) is 12.6. The van der Waals surface area contributed by atoms with Crippen molar-refractivity contribution >= 4 is 21.7 Å². The van der Waals surface area contributed by atoms with Crippen molar-refractivity contribution in [2.75, 3.05) is 26.2 Å². The van der Waals surface area contributed by atoms with Gasteiger partial charge in [-0.25, -0.2) is 12.8 Å². The molecule has 0 aromatic heterocycles. The zero-order valence-corrected chi connectivity index (χ0v) is 20.0. The average molecular weight is 497 g/mol. The Balaban J connectivity index is 1.43. The zero-order chi connectivity index (χ0) is 25.0. The van der Waals surface area contributed by atoms with E-state index in [1.807, 2.05) is 0 Å². The lowest BCUT2D eigenvalue weighted by molar-refractivity contribution is 0.0693. The van der Waals surface area contributed by atoms with E-state index in [9.17, 15) is 22.4 Å². The first-order chi connectivity index (χ1) is 16.8. The van der Waals surface area contributed by atoms with Crippen LogP contribution in [0.25, 0.3) is 0 Å². The number of nitrogens with zero attached hydrogens (tertiary/aromatic N) is 2. The Morgan fingerprint density at radius 2 is 1.60 bits per heavy atom. The lowest BCUT2D eigenvalue weighted by Crippen LogP contribution is -2.50. The minimum atomic E-state index is -3.79. The van der Waals surface area contributed by atoms with E-state index in [1.54, 1.807) is 53.4 Å². The number of sulfonamides is 1. The molecule has 4 rings (SSSR count). The van der Waals surface area contributed by atoms with Gasteiger partial charge in [0.2, 0.25) is 10.0 Å². The molecule has 3 aromatic carbocycles. The second-order valence-electron chi connectivity index (χ2n) is 8.19. The Kier molecular flexibility index (Phi) is 7.28. The van der Waals surface area contributed by atoms with Gasteiger partial charge in [0.1, 0.15) is 18.2 Å². The predicted molar refractivity (Wildman–Crippen MR) is 128 cm³/mol. The number of para-hydroxylation sites is 1. The van der Waals surface area contributed by atoms with Crippen molar-refractivity contribution in [3.05, 3.63) is 95.3 Å². The molecule has 1 heterocycles. The molecule has 9 heteroatoms. The summed E-state index contributed by atoms with van der Waals surface area (Å²) in [5.74, 6) is -0.400. The van der Waals surface area contributed by atoms with E-state index in [2.05, 4.69) is 0 Å². The monoisotopic (exact) mass is 496 g/mol. The number of piperazine rings is 1. The van der Waals surface area contributed by atoms with Crippen LogP contribution in [0, 0.1) is 5.82 Å². The van der Waals surface area contributed by atoms with E-state index >= 15 is 0 Å². The fourth-order valence-corrected chi connectivity index (χ4v) is 5.31. The van der Waals surface area contributed by atoms with Crippen LogP contribution in [-0.4, -0.2) is 55.5 Å². The summed E-state index contributed by atoms with van der Waals surface area (Å²) in [4.78, 5) is 26.5. The van der Waals surface area contributed by atoms with Crippen molar-refractivity contribution in [3.63, 3.8) is 0 Å². The number of ketones is 1. The largest absolute Gasteiger partial charge is 0.488 e. The topological polar surface area (TPSA) is 84.0 Å². The van der Waals surface area contributed by atoms with Crippen LogP contribution >= 0.6 is 0 Å². The molecule has 0 spiro atoms. The molecule has 1 fully saturated rings. The molecule has 0 bridgehead atoms. The van der Waals surface area contributed by atoms with Gasteiger partial charge in [-0.3, -0.25) is 9.59 Å². The molecule has 35 heavy (non-hydrogen) atoms. The molecule has 0 radical (unpaired) electrons. The summed E-state index contributed by atoms with van der Waals surface area (Å²) in [6.07, 6.45) is 0. The number of hydrogen-bond donors (Lipinski definition) is 0. The molecule has 1 amide bonds. The molecule has 1 saturated heterocycles. The standard InChI is InChI=1S/C26H25FN2O5S/c1-19(30)21-5-4-6-23(17-21)35(32,33)29-15-13-28(14-16-29)26(31)24-7-2-3-8-25(24)34-18-20-9-11-22(27)12-10-20/h2-12,17H,13-16,18H2,1H3. The van der Waals surface area contributed by atoms with E-state index in [0.717, 1.165) is 5.56 Å². The molecular formula is C26H25FN2O5S. The molecule has 1 aliphatic heterocycles. The normalized spacial score (nSPS) is 14.5. The summed E-state index contributed by atoms with van der Waals surface area (Å²) in [5.41, 5.74) is 1.47. The van der Waals surface area contributed by atoms with Gasteiger partial charge in [0.05, 0.1) is 10.5 Å². The van der Waals surface area contributed by atoms with Crippen molar-refractivity contribution in [2.24, 2.45) is 0 Å². The number of halogens is 1. The van der Waals surface area contributed by atoms with Gasteiger partial charge in [-0.1, -0.05) is 36.4 Å². The van der Waals surface area contributed by atoms with Crippen LogP contribution in [0.5, 0.6) is 5.75 Å². The molecule has 182 valence electrons. The minimum Gasteiger partial charge on any atom is -0.488 e. The lowest BCUT2D eigenvalue weighted by Gasteiger charge is -2.34. The highest BCUT2D eigenvalue weighted by Gasteiger charge is 2.31. The van der Waals surface area contributed by atoms with Crippen molar-refractivity contribution in [3.8, 4) is 5.75 Å². The Morgan fingerprint density at radius 1 is 0.914 bits per heavy atom. The highest BCUT2D eigenvalue weighted by Crippen LogP contribution is 2.24. The van der Waals surface area contributed by atoms with Crippen molar-refractivity contribution in [1.82, 2.24) is 9.21 Å². The molecule has 0 saturated carbocycles. The Bertz CT molecular complexity index is 1330. The smallest absolute Gasteiger partial charge is 0.257 e. The highest BCUT2D eigenvalue weighted by molar-refractivity contribution is 7.89. The molecule has 7 nitrogen and oxygen atoms in total. The molecular weight excluding hydrogens is 471 g/mol.